The fourth-order valence-electron chi connectivity index (χ4n) is 2.43. The first kappa shape index (κ1) is 18.0. The Kier molecular flexibility index (Phi) is 4.50. The van der Waals surface area contributed by atoms with E-state index < -0.39 is 15.9 Å². The van der Waals surface area contributed by atoms with Crippen molar-refractivity contribution >= 4 is 43.8 Å². The molecule has 26 heavy (non-hydrogen) atoms. The van der Waals surface area contributed by atoms with Crippen molar-refractivity contribution in [1.29, 1.82) is 0 Å². The van der Waals surface area contributed by atoms with E-state index in [0.717, 1.165) is 12.6 Å². The number of thiazole rings is 1. The van der Waals surface area contributed by atoms with Crippen molar-refractivity contribution in [1.82, 2.24) is 19.3 Å². The SMILES string of the molecule is CC(=O)NS(=O)(=O)c1ccc(NC(=O)c2sc3nnc(C)n3c2C)cc1. The lowest BCUT2D eigenvalue weighted by atomic mass is 10.3. The highest BCUT2D eigenvalue weighted by Gasteiger charge is 2.19. The molecule has 136 valence electrons. The third-order valence-corrected chi connectivity index (χ3v) is 6.14. The van der Waals surface area contributed by atoms with E-state index in [1.165, 1.54) is 35.6 Å². The van der Waals surface area contributed by atoms with E-state index in [-0.39, 0.29) is 10.8 Å². The second kappa shape index (κ2) is 6.50. The van der Waals surface area contributed by atoms with Crippen LogP contribution in [0.3, 0.4) is 0 Å². The van der Waals surface area contributed by atoms with Crippen LogP contribution in [0.2, 0.25) is 0 Å². The van der Waals surface area contributed by atoms with E-state index in [4.69, 9.17) is 0 Å². The summed E-state index contributed by atoms with van der Waals surface area (Å²) in [6.07, 6.45) is 0. The van der Waals surface area contributed by atoms with E-state index in [2.05, 4.69) is 15.5 Å². The summed E-state index contributed by atoms with van der Waals surface area (Å²) in [5.41, 5.74) is 1.16. The van der Waals surface area contributed by atoms with Gasteiger partial charge in [-0.3, -0.25) is 14.0 Å². The molecule has 0 radical (unpaired) electrons. The van der Waals surface area contributed by atoms with Gasteiger partial charge in [0.2, 0.25) is 10.9 Å². The number of benzene rings is 1. The summed E-state index contributed by atoms with van der Waals surface area (Å²) in [7, 11) is -3.91. The van der Waals surface area contributed by atoms with Gasteiger partial charge in [0.1, 0.15) is 10.7 Å². The first-order valence-corrected chi connectivity index (χ1v) is 9.75. The van der Waals surface area contributed by atoms with Crippen LogP contribution in [0.15, 0.2) is 29.2 Å². The van der Waals surface area contributed by atoms with Crippen LogP contribution in [-0.4, -0.2) is 34.8 Å². The maximum absolute atomic E-state index is 12.5. The number of nitrogens with one attached hydrogen (secondary N) is 2. The van der Waals surface area contributed by atoms with Gasteiger partial charge in [-0.2, -0.15) is 0 Å². The fourth-order valence-corrected chi connectivity index (χ4v) is 4.42. The summed E-state index contributed by atoms with van der Waals surface area (Å²) in [6.45, 7) is 4.72. The maximum Gasteiger partial charge on any atom is 0.267 e. The number of amides is 2. The molecule has 0 aliphatic rings. The van der Waals surface area contributed by atoms with Crippen LogP contribution >= 0.6 is 11.3 Å². The molecule has 0 bridgehead atoms. The molecule has 2 heterocycles. The van der Waals surface area contributed by atoms with Crippen molar-refractivity contribution in [2.24, 2.45) is 0 Å². The smallest absolute Gasteiger partial charge is 0.267 e. The molecule has 0 atom stereocenters. The van der Waals surface area contributed by atoms with Gasteiger partial charge in [-0.1, -0.05) is 11.3 Å². The minimum atomic E-state index is -3.91. The standard InChI is InChI=1S/C15H15N5O4S2/c1-8-13(25-15-18-17-9(2)20(8)15)14(22)16-11-4-6-12(7-5-11)26(23,24)19-10(3)21/h4-7H,1-3H3,(H,16,22)(H,19,21). The van der Waals surface area contributed by atoms with Crippen LogP contribution in [0.1, 0.15) is 28.1 Å². The van der Waals surface area contributed by atoms with E-state index in [1.807, 2.05) is 4.72 Å². The number of hydrogen-bond donors (Lipinski definition) is 2. The molecule has 0 saturated carbocycles. The van der Waals surface area contributed by atoms with Crippen LogP contribution in [0.25, 0.3) is 4.96 Å². The van der Waals surface area contributed by atoms with Crippen molar-refractivity contribution in [3.05, 3.63) is 40.7 Å². The second-order valence-electron chi connectivity index (χ2n) is 5.52. The summed E-state index contributed by atoms with van der Waals surface area (Å²) in [5.74, 6) is -0.305. The summed E-state index contributed by atoms with van der Waals surface area (Å²) < 4.78 is 27.5. The van der Waals surface area contributed by atoms with Crippen molar-refractivity contribution < 1.29 is 18.0 Å². The molecule has 2 aromatic heterocycles. The number of anilines is 1. The Morgan fingerprint density at radius 3 is 2.35 bits per heavy atom. The van der Waals surface area contributed by atoms with Crippen molar-refractivity contribution in [2.75, 3.05) is 5.32 Å². The molecule has 0 unspecified atom stereocenters. The fraction of sp³-hybridized carbons (Fsp3) is 0.200. The molecule has 0 aliphatic carbocycles. The van der Waals surface area contributed by atoms with Crippen LogP contribution in [0, 0.1) is 13.8 Å². The Morgan fingerprint density at radius 1 is 1.12 bits per heavy atom. The lowest BCUT2D eigenvalue weighted by molar-refractivity contribution is -0.117. The summed E-state index contributed by atoms with van der Waals surface area (Å²) in [5, 5.41) is 10.7. The Labute approximate surface area is 153 Å². The summed E-state index contributed by atoms with van der Waals surface area (Å²) in [4.78, 5) is 24.5. The van der Waals surface area contributed by atoms with Gasteiger partial charge in [0, 0.05) is 18.3 Å². The number of nitrogens with zero attached hydrogens (tertiary/aromatic N) is 3. The van der Waals surface area contributed by atoms with Crippen molar-refractivity contribution in [3.63, 3.8) is 0 Å². The van der Waals surface area contributed by atoms with Crippen LogP contribution in [-0.2, 0) is 14.8 Å². The molecule has 1 aromatic carbocycles. The van der Waals surface area contributed by atoms with E-state index >= 15 is 0 Å². The zero-order chi connectivity index (χ0) is 19.1. The number of aryl methyl sites for hydroxylation is 2. The molecule has 0 fully saturated rings. The average molecular weight is 393 g/mol. The Bertz CT molecular complexity index is 1110. The largest absolute Gasteiger partial charge is 0.321 e. The first-order valence-electron chi connectivity index (χ1n) is 7.45. The number of carbonyl (C=O) groups is 2. The van der Waals surface area contributed by atoms with Crippen molar-refractivity contribution in [3.8, 4) is 0 Å². The van der Waals surface area contributed by atoms with Gasteiger partial charge in [0.15, 0.2) is 0 Å². The van der Waals surface area contributed by atoms with Gasteiger partial charge in [-0.25, -0.2) is 13.1 Å². The minimum Gasteiger partial charge on any atom is -0.321 e. The van der Waals surface area contributed by atoms with Gasteiger partial charge in [0.25, 0.3) is 15.9 Å². The van der Waals surface area contributed by atoms with E-state index in [9.17, 15) is 18.0 Å². The third-order valence-electron chi connectivity index (χ3n) is 3.56. The molecule has 0 spiro atoms. The topological polar surface area (TPSA) is 123 Å². The zero-order valence-corrected chi connectivity index (χ0v) is 15.7. The minimum absolute atomic E-state index is 0.0711. The summed E-state index contributed by atoms with van der Waals surface area (Å²) in [6, 6.07) is 5.52. The van der Waals surface area contributed by atoms with Gasteiger partial charge in [-0.15, -0.1) is 10.2 Å². The molecule has 11 heteroatoms. The molecule has 2 N–H and O–H groups in total. The number of aromatic nitrogens is 3. The molecule has 0 aliphatic heterocycles. The van der Waals surface area contributed by atoms with Gasteiger partial charge < -0.3 is 5.32 Å². The lowest BCUT2D eigenvalue weighted by Gasteiger charge is -2.07. The Balaban J connectivity index is 1.81. The van der Waals surface area contributed by atoms with Crippen LogP contribution in [0.5, 0.6) is 0 Å². The molecule has 3 aromatic rings. The normalized spacial score (nSPS) is 11.5. The quantitative estimate of drug-likeness (QED) is 0.692. The molecule has 0 saturated heterocycles. The average Bonchev–Trinajstić information content (AvgIpc) is 3.07. The Morgan fingerprint density at radius 2 is 1.77 bits per heavy atom. The number of sulfonamides is 1. The predicted octanol–water partition coefficient (Wildman–Crippen LogP) is 1.48. The highest BCUT2D eigenvalue weighted by Crippen LogP contribution is 2.24. The monoisotopic (exact) mass is 393 g/mol. The number of rotatable bonds is 4. The maximum atomic E-state index is 12.5. The highest BCUT2D eigenvalue weighted by molar-refractivity contribution is 7.90. The lowest BCUT2D eigenvalue weighted by Crippen LogP contribution is -2.28. The second-order valence-corrected chi connectivity index (χ2v) is 8.18. The Hall–Kier alpha value is -2.79. The number of carbonyl (C=O) groups excluding carboxylic acids is 2. The van der Waals surface area contributed by atoms with E-state index in [1.54, 1.807) is 18.2 Å². The molecule has 3 rings (SSSR count). The first-order chi connectivity index (χ1) is 12.2. The third kappa shape index (κ3) is 3.30. The molecule has 2 amide bonds. The summed E-state index contributed by atoms with van der Waals surface area (Å²) >= 11 is 1.22. The van der Waals surface area contributed by atoms with Gasteiger partial charge in [-0.05, 0) is 38.1 Å². The van der Waals surface area contributed by atoms with Gasteiger partial charge >= 0.3 is 0 Å². The predicted molar refractivity (Wildman–Crippen MR) is 95.7 cm³/mol. The van der Waals surface area contributed by atoms with Crippen LogP contribution < -0.4 is 10.0 Å². The van der Waals surface area contributed by atoms with Gasteiger partial charge in [0.05, 0.1) is 4.90 Å². The number of hydrogen-bond acceptors (Lipinski definition) is 7. The number of fused-ring (bicyclic) bond motifs is 1. The zero-order valence-electron chi connectivity index (χ0n) is 14.1. The van der Waals surface area contributed by atoms with Crippen molar-refractivity contribution in [2.45, 2.75) is 25.7 Å². The van der Waals surface area contributed by atoms with Crippen LogP contribution in [0.4, 0.5) is 5.69 Å². The molecular formula is C15H15N5O4S2. The molecule has 9 nitrogen and oxygen atoms in total. The van der Waals surface area contributed by atoms with E-state index in [0.29, 0.717) is 21.3 Å². The highest BCUT2D eigenvalue weighted by atomic mass is 32.2. The molecular weight excluding hydrogens is 378 g/mol.